The topological polar surface area (TPSA) is 111 Å². The van der Waals surface area contributed by atoms with E-state index in [1.165, 1.54) is 24.6 Å². The molecule has 0 N–H and O–H groups in total. The standard InChI is InChI=1S/2C13H9IN2O2/c2*14-11-5-7-12(8-6-11)15-9-10-3-1-2-4-13(10)16(17)18/h2*1-9H. The molecule has 10 heteroatoms. The van der Waals surface area contributed by atoms with Crippen LogP contribution in [0, 0.1) is 27.4 Å². The van der Waals surface area contributed by atoms with Crippen molar-refractivity contribution in [1.29, 1.82) is 0 Å². The Balaban J connectivity index is 0.000000201. The van der Waals surface area contributed by atoms with E-state index in [2.05, 4.69) is 55.2 Å². The van der Waals surface area contributed by atoms with Gasteiger partial charge < -0.3 is 0 Å². The van der Waals surface area contributed by atoms with Crippen molar-refractivity contribution in [3.63, 3.8) is 0 Å². The Morgan fingerprint density at radius 2 is 0.889 bits per heavy atom. The molecule has 0 aliphatic heterocycles. The maximum Gasteiger partial charge on any atom is 0.278 e. The van der Waals surface area contributed by atoms with Gasteiger partial charge in [-0.05, 0) is 106 Å². The normalized spacial score (nSPS) is 10.7. The van der Waals surface area contributed by atoms with Crippen LogP contribution in [0.1, 0.15) is 11.1 Å². The SMILES string of the molecule is O=[N+]([O-])c1ccccc1C=Nc1ccc(I)cc1.O=[N+]([O-])c1ccccc1C=Nc1ccc(I)cc1. The average Bonchev–Trinajstić information content (AvgIpc) is 2.88. The molecule has 4 rings (SSSR count). The maximum absolute atomic E-state index is 10.8. The number of rotatable bonds is 6. The third-order valence-corrected chi connectivity index (χ3v) is 6.06. The number of benzene rings is 4. The molecule has 0 unspecified atom stereocenters. The Labute approximate surface area is 234 Å². The molecule has 8 nitrogen and oxygen atoms in total. The van der Waals surface area contributed by atoms with Crippen LogP contribution in [0.4, 0.5) is 22.7 Å². The zero-order chi connectivity index (χ0) is 25.9. The minimum atomic E-state index is -0.407. The van der Waals surface area contributed by atoms with Crippen molar-refractivity contribution in [3.8, 4) is 0 Å². The fourth-order valence-electron chi connectivity index (χ4n) is 2.87. The van der Waals surface area contributed by atoms with Gasteiger partial charge in [-0.15, -0.1) is 0 Å². The van der Waals surface area contributed by atoms with E-state index in [1.54, 1.807) is 36.4 Å². The summed E-state index contributed by atoms with van der Waals surface area (Å²) in [5.74, 6) is 0. The van der Waals surface area contributed by atoms with Gasteiger partial charge in [0.25, 0.3) is 11.4 Å². The quantitative estimate of drug-likeness (QED) is 0.0880. The highest BCUT2D eigenvalue weighted by Crippen LogP contribution is 2.20. The van der Waals surface area contributed by atoms with Crippen LogP contribution in [0.3, 0.4) is 0 Å². The largest absolute Gasteiger partial charge is 0.278 e. The highest BCUT2D eigenvalue weighted by Gasteiger charge is 2.10. The number of hydrogen-bond acceptors (Lipinski definition) is 6. The van der Waals surface area contributed by atoms with Crippen LogP contribution >= 0.6 is 45.2 Å². The molecule has 0 aliphatic carbocycles. The summed E-state index contributed by atoms with van der Waals surface area (Å²) in [6, 6.07) is 28.3. The van der Waals surface area contributed by atoms with Gasteiger partial charge in [0.2, 0.25) is 0 Å². The van der Waals surface area contributed by atoms with Crippen molar-refractivity contribution in [3.05, 3.63) is 136 Å². The molecule has 0 radical (unpaired) electrons. The molecule has 0 fully saturated rings. The molecule has 0 aromatic heterocycles. The second-order valence-corrected chi connectivity index (χ2v) is 9.59. The Hall–Kier alpha value is -3.52. The van der Waals surface area contributed by atoms with E-state index >= 15 is 0 Å². The summed E-state index contributed by atoms with van der Waals surface area (Å²) in [4.78, 5) is 29.3. The predicted octanol–water partition coefficient (Wildman–Crippen LogP) is 7.90. The van der Waals surface area contributed by atoms with Gasteiger partial charge in [-0.1, -0.05) is 24.3 Å². The first kappa shape index (κ1) is 27.1. The summed E-state index contributed by atoms with van der Waals surface area (Å²) in [5.41, 5.74) is 2.67. The molecule has 180 valence electrons. The van der Waals surface area contributed by atoms with Crippen molar-refractivity contribution < 1.29 is 9.85 Å². The van der Waals surface area contributed by atoms with E-state index in [9.17, 15) is 20.2 Å². The number of nitro groups is 2. The maximum atomic E-state index is 10.8. The van der Waals surface area contributed by atoms with E-state index in [0.717, 1.165) is 18.5 Å². The second-order valence-electron chi connectivity index (χ2n) is 7.10. The van der Waals surface area contributed by atoms with Crippen LogP contribution in [0.2, 0.25) is 0 Å². The van der Waals surface area contributed by atoms with Gasteiger partial charge >= 0.3 is 0 Å². The van der Waals surface area contributed by atoms with E-state index in [-0.39, 0.29) is 11.4 Å². The molecule has 4 aromatic rings. The minimum absolute atomic E-state index is 0.0618. The minimum Gasteiger partial charge on any atom is -0.258 e. The summed E-state index contributed by atoms with van der Waals surface area (Å²) in [5, 5.41) is 21.6. The molecule has 0 saturated carbocycles. The first-order valence-corrected chi connectivity index (χ1v) is 12.6. The molecule has 0 bridgehead atoms. The molecule has 36 heavy (non-hydrogen) atoms. The Morgan fingerprint density at radius 1 is 0.556 bits per heavy atom. The second kappa shape index (κ2) is 13.5. The van der Waals surface area contributed by atoms with E-state index in [0.29, 0.717) is 11.1 Å². The lowest BCUT2D eigenvalue weighted by atomic mass is 10.2. The van der Waals surface area contributed by atoms with Crippen molar-refractivity contribution in [2.75, 3.05) is 0 Å². The van der Waals surface area contributed by atoms with E-state index in [4.69, 9.17) is 0 Å². The summed E-state index contributed by atoms with van der Waals surface area (Å²) < 4.78 is 2.24. The van der Waals surface area contributed by atoms with Crippen LogP contribution in [-0.2, 0) is 0 Å². The molecule has 0 heterocycles. The van der Waals surface area contributed by atoms with Gasteiger partial charge in [0, 0.05) is 31.7 Å². The molecule has 0 amide bonds. The first-order chi connectivity index (χ1) is 17.3. The first-order valence-electron chi connectivity index (χ1n) is 10.4. The van der Waals surface area contributed by atoms with E-state index < -0.39 is 9.85 Å². The predicted molar refractivity (Wildman–Crippen MR) is 159 cm³/mol. The Kier molecular flexibility index (Phi) is 10.2. The van der Waals surface area contributed by atoms with Gasteiger partial charge in [-0.2, -0.15) is 0 Å². The van der Waals surface area contributed by atoms with Gasteiger partial charge in [-0.25, -0.2) is 0 Å². The van der Waals surface area contributed by atoms with Gasteiger partial charge in [0.1, 0.15) is 0 Å². The number of nitro benzene ring substituents is 2. The number of aliphatic imine (C=N–C) groups is 2. The molecule has 4 aromatic carbocycles. The fourth-order valence-corrected chi connectivity index (χ4v) is 3.59. The van der Waals surface area contributed by atoms with Gasteiger partial charge in [-0.3, -0.25) is 30.2 Å². The van der Waals surface area contributed by atoms with Crippen molar-refractivity contribution in [2.45, 2.75) is 0 Å². The van der Waals surface area contributed by atoms with Crippen LogP contribution in [0.15, 0.2) is 107 Å². The van der Waals surface area contributed by atoms with Crippen LogP contribution in [-0.4, -0.2) is 22.3 Å². The summed E-state index contributed by atoms with van der Waals surface area (Å²) >= 11 is 4.42. The smallest absolute Gasteiger partial charge is 0.258 e. The number of halogens is 2. The van der Waals surface area contributed by atoms with E-state index in [1.807, 2.05) is 48.5 Å². The summed E-state index contributed by atoms with van der Waals surface area (Å²) in [7, 11) is 0. The van der Waals surface area contributed by atoms with Crippen LogP contribution in [0.5, 0.6) is 0 Å². The lowest BCUT2D eigenvalue weighted by Crippen LogP contribution is -1.93. The van der Waals surface area contributed by atoms with Crippen LogP contribution in [0.25, 0.3) is 0 Å². The molecular formula is C26H18I2N4O4. The molecule has 0 aliphatic rings. The Morgan fingerprint density at radius 3 is 1.22 bits per heavy atom. The van der Waals surface area contributed by atoms with Gasteiger partial charge in [0.15, 0.2) is 0 Å². The summed E-state index contributed by atoms with van der Waals surface area (Å²) in [6.45, 7) is 0. The van der Waals surface area contributed by atoms with Crippen LogP contribution < -0.4 is 0 Å². The molecule has 0 atom stereocenters. The highest BCUT2D eigenvalue weighted by molar-refractivity contribution is 14.1. The monoisotopic (exact) mass is 704 g/mol. The lowest BCUT2D eigenvalue weighted by Gasteiger charge is -1.97. The average molecular weight is 704 g/mol. The van der Waals surface area contributed by atoms with Gasteiger partial charge in [0.05, 0.1) is 32.3 Å². The van der Waals surface area contributed by atoms with Crippen molar-refractivity contribution >= 4 is 80.4 Å². The third-order valence-electron chi connectivity index (χ3n) is 4.63. The molecule has 0 spiro atoms. The zero-order valence-electron chi connectivity index (χ0n) is 18.6. The third kappa shape index (κ3) is 8.30. The number of nitrogens with zero attached hydrogens (tertiary/aromatic N) is 4. The summed E-state index contributed by atoms with van der Waals surface area (Å²) in [6.07, 6.45) is 3.03. The molecule has 0 saturated heterocycles. The number of hydrogen-bond donors (Lipinski definition) is 0. The number of para-hydroxylation sites is 2. The molecular weight excluding hydrogens is 686 g/mol. The fraction of sp³-hybridized carbons (Fsp3) is 0. The Bertz CT molecular complexity index is 1300. The highest BCUT2D eigenvalue weighted by atomic mass is 127. The lowest BCUT2D eigenvalue weighted by molar-refractivity contribution is -0.385. The van der Waals surface area contributed by atoms with Crippen molar-refractivity contribution in [2.24, 2.45) is 9.98 Å². The van der Waals surface area contributed by atoms with Crippen molar-refractivity contribution in [1.82, 2.24) is 0 Å². The zero-order valence-corrected chi connectivity index (χ0v) is 22.9.